The molecule has 5 heteroatoms. The minimum absolute atomic E-state index is 0.180. The molecule has 3 aromatic rings. The molecule has 0 heterocycles. The van der Waals surface area contributed by atoms with Crippen LogP contribution < -0.4 is 14.8 Å². The summed E-state index contributed by atoms with van der Waals surface area (Å²) in [5.41, 5.74) is 2.37. The minimum atomic E-state index is -0.180. The number of hydrogen-bond acceptors (Lipinski definition) is 3. The van der Waals surface area contributed by atoms with Gasteiger partial charge in [-0.1, -0.05) is 37.3 Å². The Morgan fingerprint density at radius 2 is 1.71 bits per heavy atom. The number of anilines is 1. The second kappa shape index (κ2) is 9.95. The Balaban J connectivity index is 1.57. The van der Waals surface area contributed by atoms with E-state index in [1.807, 2.05) is 61.5 Å². The first-order valence-corrected chi connectivity index (χ1v) is 9.95. The van der Waals surface area contributed by atoms with Gasteiger partial charge < -0.3 is 14.8 Å². The third-order valence-corrected chi connectivity index (χ3v) is 4.64. The fourth-order valence-corrected chi connectivity index (χ4v) is 3.04. The summed E-state index contributed by atoms with van der Waals surface area (Å²) < 4.78 is 12.1. The number of benzene rings is 3. The van der Waals surface area contributed by atoms with Gasteiger partial charge in [-0.15, -0.1) is 0 Å². The molecule has 0 unspecified atom stereocenters. The van der Waals surface area contributed by atoms with Gasteiger partial charge in [-0.3, -0.25) is 4.79 Å². The molecular formula is C23H22BrNO3. The quantitative estimate of drug-likeness (QED) is 0.463. The fourth-order valence-electron chi connectivity index (χ4n) is 2.55. The summed E-state index contributed by atoms with van der Waals surface area (Å²) in [7, 11) is 0. The summed E-state index contributed by atoms with van der Waals surface area (Å²) in [6.07, 6.45) is 0.930. The van der Waals surface area contributed by atoms with Crippen LogP contribution in [0, 0.1) is 0 Å². The van der Waals surface area contributed by atoms with Crippen molar-refractivity contribution >= 4 is 27.5 Å². The van der Waals surface area contributed by atoms with E-state index < -0.39 is 0 Å². The summed E-state index contributed by atoms with van der Waals surface area (Å²) in [5, 5.41) is 2.89. The molecule has 3 aromatic carbocycles. The first-order valence-electron chi connectivity index (χ1n) is 9.16. The van der Waals surface area contributed by atoms with Gasteiger partial charge >= 0.3 is 0 Å². The van der Waals surface area contributed by atoms with Crippen LogP contribution in [0.1, 0.15) is 29.3 Å². The lowest BCUT2D eigenvalue weighted by atomic mass is 10.2. The Morgan fingerprint density at radius 1 is 0.964 bits per heavy atom. The monoisotopic (exact) mass is 439 g/mol. The van der Waals surface area contributed by atoms with E-state index in [4.69, 9.17) is 9.47 Å². The lowest BCUT2D eigenvalue weighted by Gasteiger charge is -2.10. The molecule has 0 fully saturated rings. The topological polar surface area (TPSA) is 47.6 Å². The highest BCUT2D eigenvalue weighted by Gasteiger charge is 2.10. The number of nitrogens with one attached hydrogen (secondary N) is 1. The lowest BCUT2D eigenvalue weighted by Crippen LogP contribution is -2.12. The lowest BCUT2D eigenvalue weighted by molar-refractivity contribution is 0.102. The maximum absolute atomic E-state index is 12.5. The van der Waals surface area contributed by atoms with Crippen LogP contribution >= 0.6 is 15.9 Å². The summed E-state index contributed by atoms with van der Waals surface area (Å²) >= 11 is 3.46. The van der Waals surface area contributed by atoms with Crippen LogP contribution in [0.4, 0.5) is 5.69 Å². The van der Waals surface area contributed by atoms with Gasteiger partial charge in [0, 0.05) is 11.3 Å². The zero-order valence-corrected chi connectivity index (χ0v) is 17.2. The maximum atomic E-state index is 12.5. The van der Waals surface area contributed by atoms with Gasteiger partial charge in [0.25, 0.3) is 5.91 Å². The normalized spacial score (nSPS) is 10.4. The van der Waals surface area contributed by atoms with Crippen molar-refractivity contribution in [2.45, 2.75) is 20.0 Å². The Labute approximate surface area is 173 Å². The number of rotatable bonds is 8. The SMILES string of the molecule is CCCOc1ccc(C(=O)Nc2ccc(OCc3ccccc3)cc2)cc1Br. The van der Waals surface area contributed by atoms with E-state index in [2.05, 4.69) is 21.2 Å². The van der Waals surface area contributed by atoms with E-state index >= 15 is 0 Å². The molecule has 0 aliphatic heterocycles. The third kappa shape index (κ3) is 5.60. The minimum Gasteiger partial charge on any atom is -0.492 e. The van der Waals surface area contributed by atoms with Crippen LogP contribution in [-0.4, -0.2) is 12.5 Å². The van der Waals surface area contributed by atoms with Crippen molar-refractivity contribution in [2.24, 2.45) is 0 Å². The number of carbonyl (C=O) groups excluding carboxylic acids is 1. The van der Waals surface area contributed by atoms with Crippen LogP contribution in [-0.2, 0) is 6.61 Å². The molecule has 28 heavy (non-hydrogen) atoms. The average molecular weight is 440 g/mol. The molecule has 0 spiro atoms. The Hall–Kier alpha value is -2.79. The van der Waals surface area contributed by atoms with Crippen LogP contribution in [0.3, 0.4) is 0 Å². The second-order valence-electron chi connectivity index (χ2n) is 6.25. The van der Waals surface area contributed by atoms with Crippen molar-refractivity contribution in [3.05, 3.63) is 88.4 Å². The first kappa shape index (κ1) is 20.0. The van der Waals surface area contributed by atoms with Crippen molar-refractivity contribution in [1.82, 2.24) is 0 Å². The third-order valence-electron chi connectivity index (χ3n) is 4.02. The highest BCUT2D eigenvalue weighted by atomic mass is 79.9. The average Bonchev–Trinajstić information content (AvgIpc) is 2.73. The fraction of sp³-hybridized carbons (Fsp3) is 0.174. The zero-order valence-electron chi connectivity index (χ0n) is 15.7. The molecule has 4 nitrogen and oxygen atoms in total. The van der Waals surface area contributed by atoms with Crippen molar-refractivity contribution in [1.29, 1.82) is 0 Å². The van der Waals surface area contributed by atoms with Gasteiger partial charge in [-0.05, 0) is 70.4 Å². The number of hydrogen-bond donors (Lipinski definition) is 1. The van der Waals surface area contributed by atoms with Gasteiger partial charge in [0.05, 0.1) is 11.1 Å². The smallest absolute Gasteiger partial charge is 0.255 e. The molecular weight excluding hydrogens is 418 g/mol. The first-order chi connectivity index (χ1) is 13.7. The van der Waals surface area contributed by atoms with Gasteiger partial charge in [0.1, 0.15) is 18.1 Å². The highest BCUT2D eigenvalue weighted by Crippen LogP contribution is 2.27. The largest absolute Gasteiger partial charge is 0.492 e. The highest BCUT2D eigenvalue weighted by molar-refractivity contribution is 9.10. The van der Waals surface area contributed by atoms with Crippen LogP contribution in [0.15, 0.2) is 77.3 Å². The van der Waals surface area contributed by atoms with Crippen molar-refractivity contribution in [3.8, 4) is 11.5 Å². The van der Waals surface area contributed by atoms with Gasteiger partial charge in [-0.25, -0.2) is 0 Å². The summed E-state index contributed by atoms with van der Waals surface area (Å²) in [6, 6.07) is 22.6. The molecule has 0 aromatic heterocycles. The number of carbonyl (C=O) groups is 1. The molecule has 1 amide bonds. The molecule has 0 bridgehead atoms. The Morgan fingerprint density at radius 3 is 2.39 bits per heavy atom. The van der Waals surface area contributed by atoms with Crippen molar-refractivity contribution in [3.63, 3.8) is 0 Å². The molecule has 0 saturated heterocycles. The molecule has 0 aliphatic rings. The number of halogens is 1. The van der Waals surface area contributed by atoms with E-state index in [-0.39, 0.29) is 5.91 Å². The Kier molecular flexibility index (Phi) is 7.09. The molecule has 0 aliphatic carbocycles. The summed E-state index contributed by atoms with van der Waals surface area (Å²) in [4.78, 5) is 12.5. The maximum Gasteiger partial charge on any atom is 0.255 e. The van der Waals surface area contributed by atoms with Gasteiger partial charge in [0.15, 0.2) is 0 Å². The zero-order chi connectivity index (χ0) is 19.8. The predicted octanol–water partition coefficient (Wildman–Crippen LogP) is 6.07. The van der Waals surface area contributed by atoms with Crippen LogP contribution in [0.2, 0.25) is 0 Å². The van der Waals surface area contributed by atoms with E-state index in [0.717, 1.165) is 28.0 Å². The van der Waals surface area contributed by atoms with E-state index in [0.29, 0.717) is 24.5 Å². The molecule has 144 valence electrons. The van der Waals surface area contributed by atoms with E-state index in [9.17, 15) is 4.79 Å². The van der Waals surface area contributed by atoms with E-state index in [1.165, 1.54) is 0 Å². The molecule has 3 rings (SSSR count). The molecule has 0 saturated carbocycles. The predicted molar refractivity (Wildman–Crippen MR) is 115 cm³/mol. The molecule has 1 N–H and O–H groups in total. The standard InChI is InChI=1S/C23H22BrNO3/c1-2-14-27-22-13-8-18(15-21(22)24)23(26)25-19-9-11-20(12-10-19)28-16-17-6-4-3-5-7-17/h3-13,15H,2,14,16H2,1H3,(H,25,26). The van der Waals surface area contributed by atoms with E-state index in [1.54, 1.807) is 18.2 Å². The van der Waals surface area contributed by atoms with Crippen molar-refractivity contribution in [2.75, 3.05) is 11.9 Å². The van der Waals surface area contributed by atoms with Gasteiger partial charge in [0.2, 0.25) is 0 Å². The molecule has 0 radical (unpaired) electrons. The van der Waals surface area contributed by atoms with Crippen LogP contribution in [0.25, 0.3) is 0 Å². The second-order valence-corrected chi connectivity index (χ2v) is 7.10. The number of ether oxygens (including phenoxy) is 2. The van der Waals surface area contributed by atoms with Crippen LogP contribution in [0.5, 0.6) is 11.5 Å². The molecule has 0 atom stereocenters. The summed E-state index contributed by atoms with van der Waals surface area (Å²) in [5.74, 6) is 1.31. The van der Waals surface area contributed by atoms with Crippen molar-refractivity contribution < 1.29 is 14.3 Å². The number of amides is 1. The Bertz CT molecular complexity index is 911. The van der Waals surface area contributed by atoms with Gasteiger partial charge in [-0.2, -0.15) is 0 Å². The summed E-state index contributed by atoms with van der Waals surface area (Å²) in [6.45, 7) is 3.20.